The lowest BCUT2D eigenvalue weighted by Crippen LogP contribution is -2.36. The average Bonchev–Trinajstić information content (AvgIpc) is 2.64. The standard InChI is InChI=1S/C22H27NO4/c1-15(2)19-10-9-16(3)11-20(19)27-21(24)14-26-22(25)18(13-23)12-17-7-5-4-6-8-17/h4-8,12,15-16,19-20H,9-11,14H2,1-3H3/b18-12+. The van der Waals surface area contributed by atoms with E-state index in [4.69, 9.17) is 9.47 Å². The molecule has 1 aliphatic carbocycles. The average molecular weight is 369 g/mol. The zero-order valence-corrected chi connectivity index (χ0v) is 16.2. The summed E-state index contributed by atoms with van der Waals surface area (Å²) in [6.07, 6.45) is 4.30. The van der Waals surface area contributed by atoms with Crippen molar-refractivity contribution in [3.63, 3.8) is 0 Å². The van der Waals surface area contributed by atoms with Gasteiger partial charge >= 0.3 is 11.9 Å². The molecule has 0 radical (unpaired) electrons. The molecule has 0 aliphatic heterocycles. The van der Waals surface area contributed by atoms with Crippen LogP contribution < -0.4 is 0 Å². The fraction of sp³-hybridized carbons (Fsp3) is 0.500. The van der Waals surface area contributed by atoms with Gasteiger partial charge in [0.2, 0.25) is 0 Å². The fourth-order valence-electron chi connectivity index (χ4n) is 3.51. The van der Waals surface area contributed by atoms with Crippen molar-refractivity contribution in [1.29, 1.82) is 5.26 Å². The van der Waals surface area contributed by atoms with Gasteiger partial charge in [-0.25, -0.2) is 9.59 Å². The lowest BCUT2D eigenvalue weighted by Gasteiger charge is -2.36. The van der Waals surface area contributed by atoms with Gasteiger partial charge in [0.1, 0.15) is 17.7 Å². The van der Waals surface area contributed by atoms with E-state index in [1.54, 1.807) is 24.3 Å². The second-order valence-electron chi connectivity index (χ2n) is 7.51. The Hall–Kier alpha value is -2.61. The molecule has 5 nitrogen and oxygen atoms in total. The highest BCUT2D eigenvalue weighted by Gasteiger charge is 2.33. The molecule has 1 aromatic rings. The molecule has 0 bridgehead atoms. The number of ether oxygens (including phenoxy) is 2. The van der Waals surface area contributed by atoms with Crippen molar-refractivity contribution >= 4 is 18.0 Å². The summed E-state index contributed by atoms with van der Waals surface area (Å²) in [5.74, 6) is -0.120. The second kappa shape index (κ2) is 9.91. The molecule has 2 rings (SSSR count). The van der Waals surface area contributed by atoms with E-state index in [9.17, 15) is 14.9 Å². The largest absolute Gasteiger partial charge is 0.460 e. The maximum Gasteiger partial charge on any atom is 0.349 e. The van der Waals surface area contributed by atoms with Gasteiger partial charge in [0.05, 0.1) is 0 Å². The third-order valence-corrected chi connectivity index (χ3v) is 5.02. The predicted octanol–water partition coefficient (Wildman–Crippen LogP) is 4.14. The normalized spacial score (nSPS) is 22.8. The fourth-order valence-corrected chi connectivity index (χ4v) is 3.51. The maximum absolute atomic E-state index is 12.2. The molecule has 0 amide bonds. The van der Waals surface area contributed by atoms with Crippen molar-refractivity contribution in [1.82, 2.24) is 0 Å². The van der Waals surface area contributed by atoms with E-state index >= 15 is 0 Å². The molecular formula is C22H27NO4. The number of carbonyl (C=O) groups excluding carboxylic acids is 2. The minimum absolute atomic E-state index is 0.143. The molecule has 0 saturated heterocycles. The Labute approximate surface area is 161 Å². The number of hydrogen-bond acceptors (Lipinski definition) is 5. The van der Waals surface area contributed by atoms with Crippen LogP contribution in [0.1, 0.15) is 45.6 Å². The van der Waals surface area contributed by atoms with Gasteiger partial charge in [0.25, 0.3) is 0 Å². The Morgan fingerprint density at radius 2 is 1.96 bits per heavy atom. The summed E-state index contributed by atoms with van der Waals surface area (Å²) in [4.78, 5) is 24.2. The Kier molecular flexibility index (Phi) is 7.60. The van der Waals surface area contributed by atoms with E-state index in [2.05, 4.69) is 20.8 Å². The first kappa shape index (κ1) is 20.7. The van der Waals surface area contributed by atoms with E-state index in [0.29, 0.717) is 23.3 Å². The number of rotatable bonds is 6. The third kappa shape index (κ3) is 6.25. The van der Waals surface area contributed by atoms with Gasteiger partial charge in [-0.2, -0.15) is 5.26 Å². The Bertz CT molecular complexity index is 718. The minimum Gasteiger partial charge on any atom is -0.460 e. The van der Waals surface area contributed by atoms with Crippen LogP contribution in [0.2, 0.25) is 0 Å². The van der Waals surface area contributed by atoms with Crippen molar-refractivity contribution < 1.29 is 19.1 Å². The Balaban J connectivity index is 1.91. The number of benzene rings is 1. The van der Waals surface area contributed by atoms with Crippen LogP contribution in [0.5, 0.6) is 0 Å². The van der Waals surface area contributed by atoms with Crippen LogP contribution in [0.4, 0.5) is 0 Å². The second-order valence-corrected chi connectivity index (χ2v) is 7.51. The zero-order chi connectivity index (χ0) is 19.8. The monoisotopic (exact) mass is 369 g/mol. The van der Waals surface area contributed by atoms with Crippen molar-refractivity contribution in [2.75, 3.05) is 6.61 Å². The SMILES string of the molecule is CC1CCC(C(C)C)C(OC(=O)COC(=O)/C(C#N)=C/c2ccccc2)C1. The lowest BCUT2D eigenvalue weighted by molar-refractivity contribution is -0.165. The van der Waals surface area contributed by atoms with Gasteiger partial charge in [-0.1, -0.05) is 57.5 Å². The molecule has 0 spiro atoms. The summed E-state index contributed by atoms with van der Waals surface area (Å²) in [7, 11) is 0. The number of nitriles is 1. The number of esters is 2. The van der Waals surface area contributed by atoms with E-state index in [-0.39, 0.29) is 11.7 Å². The molecule has 0 aromatic heterocycles. The first-order valence-corrected chi connectivity index (χ1v) is 9.44. The van der Waals surface area contributed by atoms with E-state index in [1.807, 2.05) is 12.1 Å². The van der Waals surface area contributed by atoms with Crippen LogP contribution in [-0.4, -0.2) is 24.6 Å². The molecule has 3 atom stereocenters. The third-order valence-electron chi connectivity index (χ3n) is 5.02. The minimum atomic E-state index is -0.823. The van der Waals surface area contributed by atoms with Crippen molar-refractivity contribution in [3.8, 4) is 6.07 Å². The highest BCUT2D eigenvalue weighted by atomic mass is 16.6. The van der Waals surface area contributed by atoms with Crippen LogP contribution in [0.3, 0.4) is 0 Å². The lowest BCUT2D eigenvalue weighted by atomic mass is 9.75. The summed E-state index contributed by atoms with van der Waals surface area (Å²) < 4.78 is 10.6. The van der Waals surface area contributed by atoms with Crippen LogP contribution in [-0.2, 0) is 19.1 Å². The first-order valence-electron chi connectivity index (χ1n) is 9.44. The molecule has 27 heavy (non-hydrogen) atoms. The van der Waals surface area contributed by atoms with Gasteiger partial charge in [-0.3, -0.25) is 0 Å². The summed E-state index contributed by atoms with van der Waals surface area (Å²) in [6, 6.07) is 10.8. The highest BCUT2D eigenvalue weighted by Crippen LogP contribution is 2.35. The van der Waals surface area contributed by atoms with Crippen LogP contribution >= 0.6 is 0 Å². The summed E-state index contributed by atoms with van der Waals surface area (Å²) >= 11 is 0. The van der Waals surface area contributed by atoms with Gasteiger partial charge in [-0.15, -0.1) is 0 Å². The first-order chi connectivity index (χ1) is 12.9. The molecule has 1 aliphatic rings. The molecule has 1 aromatic carbocycles. The Morgan fingerprint density at radius 3 is 2.59 bits per heavy atom. The summed E-state index contributed by atoms with van der Waals surface area (Å²) in [6.45, 7) is 5.94. The van der Waals surface area contributed by atoms with Crippen LogP contribution in [0.15, 0.2) is 35.9 Å². The summed E-state index contributed by atoms with van der Waals surface area (Å²) in [5.41, 5.74) is 0.560. The molecule has 5 heteroatoms. The van der Waals surface area contributed by atoms with Crippen molar-refractivity contribution in [3.05, 3.63) is 41.5 Å². The van der Waals surface area contributed by atoms with Crippen molar-refractivity contribution in [2.24, 2.45) is 17.8 Å². The van der Waals surface area contributed by atoms with Gasteiger partial charge in [-0.05, 0) is 42.2 Å². The molecule has 1 saturated carbocycles. The Morgan fingerprint density at radius 1 is 1.26 bits per heavy atom. The number of nitrogens with zero attached hydrogens (tertiary/aromatic N) is 1. The molecular weight excluding hydrogens is 342 g/mol. The van der Waals surface area contributed by atoms with Gasteiger partial charge in [0.15, 0.2) is 6.61 Å². The van der Waals surface area contributed by atoms with Crippen LogP contribution in [0.25, 0.3) is 6.08 Å². The molecule has 0 heterocycles. The maximum atomic E-state index is 12.2. The molecule has 3 unspecified atom stereocenters. The zero-order valence-electron chi connectivity index (χ0n) is 16.2. The quantitative estimate of drug-likeness (QED) is 0.428. The summed E-state index contributed by atoms with van der Waals surface area (Å²) in [5, 5.41) is 9.17. The molecule has 144 valence electrons. The predicted molar refractivity (Wildman–Crippen MR) is 102 cm³/mol. The molecule has 0 N–H and O–H groups in total. The van der Waals surface area contributed by atoms with Crippen LogP contribution in [0, 0.1) is 29.1 Å². The van der Waals surface area contributed by atoms with E-state index in [0.717, 1.165) is 19.3 Å². The topological polar surface area (TPSA) is 76.4 Å². The van der Waals surface area contributed by atoms with Gasteiger partial charge in [0, 0.05) is 0 Å². The van der Waals surface area contributed by atoms with Gasteiger partial charge < -0.3 is 9.47 Å². The highest BCUT2D eigenvalue weighted by molar-refractivity contribution is 5.98. The van der Waals surface area contributed by atoms with E-state index in [1.165, 1.54) is 6.08 Å². The smallest absolute Gasteiger partial charge is 0.349 e. The molecule has 1 fully saturated rings. The van der Waals surface area contributed by atoms with E-state index < -0.39 is 18.5 Å². The van der Waals surface area contributed by atoms with Crippen molar-refractivity contribution in [2.45, 2.75) is 46.1 Å². The number of carbonyl (C=O) groups is 2. The number of hydrogen-bond donors (Lipinski definition) is 0.